The first-order valence-electron chi connectivity index (χ1n) is 7.14. The van der Waals surface area contributed by atoms with Crippen LogP contribution in [0.5, 0.6) is 0 Å². The first-order chi connectivity index (χ1) is 9.42. The van der Waals surface area contributed by atoms with Crippen LogP contribution in [-0.2, 0) is 4.79 Å². The molecular formula is C16H25NO3. The maximum Gasteiger partial charge on any atom is 0.313 e. The summed E-state index contributed by atoms with van der Waals surface area (Å²) in [6.45, 7) is 8.22. The number of hydrogen-bond acceptors (Lipinski definition) is 3. The fourth-order valence-corrected chi connectivity index (χ4v) is 2.48. The summed E-state index contributed by atoms with van der Waals surface area (Å²) in [7, 11) is 0. The minimum absolute atomic E-state index is 0.431. The minimum atomic E-state index is -1.27. The van der Waals surface area contributed by atoms with Crippen molar-refractivity contribution in [1.29, 1.82) is 0 Å². The number of aliphatic hydroxyl groups is 1. The summed E-state index contributed by atoms with van der Waals surface area (Å²) in [5.41, 5.74) is -0.625. The van der Waals surface area contributed by atoms with Crippen molar-refractivity contribution in [3.63, 3.8) is 0 Å². The van der Waals surface area contributed by atoms with Gasteiger partial charge in [-0.15, -0.1) is 0 Å². The molecule has 0 saturated heterocycles. The van der Waals surface area contributed by atoms with E-state index in [0.717, 1.165) is 13.1 Å². The molecule has 1 rings (SSSR count). The van der Waals surface area contributed by atoms with Gasteiger partial charge >= 0.3 is 5.97 Å². The zero-order valence-corrected chi connectivity index (χ0v) is 12.5. The van der Waals surface area contributed by atoms with Crippen molar-refractivity contribution in [2.75, 3.05) is 19.6 Å². The third-order valence-corrected chi connectivity index (χ3v) is 3.83. The molecule has 0 radical (unpaired) electrons. The summed E-state index contributed by atoms with van der Waals surface area (Å²) < 4.78 is 0. The third-order valence-electron chi connectivity index (χ3n) is 3.83. The van der Waals surface area contributed by atoms with Gasteiger partial charge in [0.1, 0.15) is 5.92 Å². The van der Waals surface area contributed by atoms with Crippen LogP contribution in [0.1, 0.15) is 38.7 Å². The van der Waals surface area contributed by atoms with Crippen molar-refractivity contribution < 1.29 is 15.0 Å². The molecule has 0 aliphatic rings. The van der Waals surface area contributed by atoms with Crippen molar-refractivity contribution in [2.45, 2.75) is 38.7 Å². The minimum Gasteiger partial charge on any atom is -0.481 e. The molecule has 112 valence electrons. The van der Waals surface area contributed by atoms with Crippen molar-refractivity contribution in [3.05, 3.63) is 35.9 Å². The molecule has 0 aromatic heterocycles. The molecule has 20 heavy (non-hydrogen) atoms. The molecule has 0 amide bonds. The molecule has 4 nitrogen and oxygen atoms in total. The van der Waals surface area contributed by atoms with E-state index in [4.69, 9.17) is 0 Å². The summed E-state index contributed by atoms with van der Waals surface area (Å²) in [5, 5.41) is 20.1. The summed E-state index contributed by atoms with van der Waals surface area (Å²) in [6.07, 6.45) is 0.431. The van der Waals surface area contributed by atoms with Crippen LogP contribution in [0.3, 0.4) is 0 Å². The lowest BCUT2D eigenvalue weighted by atomic mass is 9.81. The number of carboxylic acids is 1. The molecular weight excluding hydrogens is 254 g/mol. The Bertz CT molecular complexity index is 413. The van der Waals surface area contributed by atoms with Gasteiger partial charge in [0.15, 0.2) is 0 Å². The molecule has 2 atom stereocenters. The standard InChI is InChI=1S/C16H25NO3/c1-4-17(5-2)12-11-16(3,20)14(15(18)19)13-9-7-6-8-10-13/h6-10,14,20H,4-5,11-12H2,1-3H3,(H,18,19)/t14-,16-/m1/s1. The number of benzene rings is 1. The van der Waals surface area contributed by atoms with Gasteiger partial charge in [-0.3, -0.25) is 4.79 Å². The molecule has 0 unspecified atom stereocenters. The predicted octanol–water partition coefficient (Wildman–Crippen LogP) is 2.34. The van der Waals surface area contributed by atoms with E-state index in [1.165, 1.54) is 0 Å². The normalized spacial score (nSPS) is 15.8. The molecule has 0 bridgehead atoms. The number of carbonyl (C=O) groups is 1. The summed E-state index contributed by atoms with van der Waals surface area (Å²) in [6, 6.07) is 8.94. The summed E-state index contributed by atoms with van der Waals surface area (Å²) >= 11 is 0. The number of rotatable bonds is 8. The zero-order valence-electron chi connectivity index (χ0n) is 12.5. The Morgan fingerprint density at radius 1 is 1.25 bits per heavy atom. The molecule has 0 aliphatic carbocycles. The Morgan fingerprint density at radius 3 is 2.25 bits per heavy atom. The molecule has 4 heteroatoms. The van der Waals surface area contributed by atoms with Crippen LogP contribution < -0.4 is 0 Å². The lowest BCUT2D eigenvalue weighted by Gasteiger charge is -2.32. The fraction of sp³-hybridized carbons (Fsp3) is 0.562. The quantitative estimate of drug-likeness (QED) is 0.767. The summed E-state index contributed by atoms with van der Waals surface area (Å²) in [5.74, 6) is -1.89. The van der Waals surface area contributed by atoms with E-state index in [-0.39, 0.29) is 0 Å². The topological polar surface area (TPSA) is 60.8 Å². The Morgan fingerprint density at radius 2 is 1.80 bits per heavy atom. The van der Waals surface area contributed by atoms with Crippen LogP contribution in [-0.4, -0.2) is 46.3 Å². The largest absolute Gasteiger partial charge is 0.481 e. The van der Waals surface area contributed by atoms with Gasteiger partial charge in [-0.1, -0.05) is 44.2 Å². The van der Waals surface area contributed by atoms with Gasteiger partial charge in [0.2, 0.25) is 0 Å². The zero-order chi connectivity index (χ0) is 15.2. The monoisotopic (exact) mass is 279 g/mol. The number of aliphatic carboxylic acids is 1. The molecule has 0 saturated carbocycles. The van der Waals surface area contributed by atoms with E-state index in [2.05, 4.69) is 18.7 Å². The predicted molar refractivity (Wildman–Crippen MR) is 79.8 cm³/mol. The first-order valence-corrected chi connectivity index (χ1v) is 7.14. The average Bonchev–Trinajstić information content (AvgIpc) is 2.40. The van der Waals surface area contributed by atoms with Gasteiger partial charge in [-0.2, -0.15) is 0 Å². The van der Waals surface area contributed by atoms with E-state index in [0.29, 0.717) is 18.5 Å². The SMILES string of the molecule is CCN(CC)CC[C@@](C)(O)[C@@H](C(=O)O)c1ccccc1. The molecule has 1 aromatic rings. The van der Waals surface area contributed by atoms with Gasteiger partial charge in [0, 0.05) is 6.54 Å². The van der Waals surface area contributed by atoms with Crippen molar-refractivity contribution in [2.24, 2.45) is 0 Å². The van der Waals surface area contributed by atoms with Crippen LogP contribution in [0.15, 0.2) is 30.3 Å². The van der Waals surface area contributed by atoms with Gasteiger partial charge < -0.3 is 15.1 Å². The van der Waals surface area contributed by atoms with Crippen molar-refractivity contribution in [3.8, 4) is 0 Å². The van der Waals surface area contributed by atoms with Crippen LogP contribution in [0, 0.1) is 0 Å². The van der Waals surface area contributed by atoms with E-state index >= 15 is 0 Å². The maximum atomic E-state index is 11.6. The number of carboxylic acid groups (broad SMARTS) is 1. The number of nitrogens with zero attached hydrogens (tertiary/aromatic N) is 1. The third kappa shape index (κ3) is 4.32. The molecule has 0 aliphatic heterocycles. The summed E-state index contributed by atoms with van der Waals surface area (Å²) in [4.78, 5) is 13.7. The second-order valence-electron chi connectivity index (χ2n) is 5.32. The Hall–Kier alpha value is -1.39. The molecule has 2 N–H and O–H groups in total. The van der Waals surface area contributed by atoms with E-state index < -0.39 is 17.5 Å². The van der Waals surface area contributed by atoms with Crippen LogP contribution in [0.2, 0.25) is 0 Å². The van der Waals surface area contributed by atoms with Crippen molar-refractivity contribution >= 4 is 5.97 Å². The number of hydrogen-bond donors (Lipinski definition) is 2. The van der Waals surface area contributed by atoms with Crippen LogP contribution in [0.25, 0.3) is 0 Å². The van der Waals surface area contributed by atoms with Crippen LogP contribution in [0.4, 0.5) is 0 Å². The van der Waals surface area contributed by atoms with Crippen molar-refractivity contribution in [1.82, 2.24) is 4.90 Å². The highest BCUT2D eigenvalue weighted by Gasteiger charge is 2.38. The average molecular weight is 279 g/mol. The molecule has 0 spiro atoms. The van der Waals surface area contributed by atoms with E-state index in [9.17, 15) is 15.0 Å². The van der Waals surface area contributed by atoms with Crippen LogP contribution >= 0.6 is 0 Å². The molecule has 0 heterocycles. The molecule has 0 fully saturated rings. The second-order valence-corrected chi connectivity index (χ2v) is 5.32. The van der Waals surface area contributed by atoms with Gasteiger partial charge in [0.05, 0.1) is 5.60 Å². The highest BCUT2D eigenvalue weighted by Crippen LogP contribution is 2.31. The highest BCUT2D eigenvalue weighted by molar-refractivity contribution is 5.77. The highest BCUT2D eigenvalue weighted by atomic mass is 16.4. The molecule has 1 aromatic carbocycles. The maximum absolute atomic E-state index is 11.6. The van der Waals surface area contributed by atoms with Gasteiger partial charge in [-0.05, 0) is 32.0 Å². The first kappa shape index (κ1) is 16.7. The Balaban J connectivity index is 2.87. The van der Waals surface area contributed by atoms with E-state index in [1.54, 1.807) is 31.2 Å². The van der Waals surface area contributed by atoms with Gasteiger partial charge in [-0.25, -0.2) is 0 Å². The Labute approximate surface area is 121 Å². The second kappa shape index (κ2) is 7.41. The van der Waals surface area contributed by atoms with E-state index in [1.807, 2.05) is 6.07 Å². The lowest BCUT2D eigenvalue weighted by molar-refractivity contribution is -0.145. The van der Waals surface area contributed by atoms with Gasteiger partial charge in [0.25, 0.3) is 0 Å². The smallest absolute Gasteiger partial charge is 0.313 e. The Kier molecular flexibility index (Phi) is 6.17. The fourth-order valence-electron chi connectivity index (χ4n) is 2.48. The lowest BCUT2D eigenvalue weighted by Crippen LogP contribution is -2.41.